The fourth-order valence-electron chi connectivity index (χ4n) is 2.34. The highest BCUT2D eigenvalue weighted by atomic mass is 16.3. The van der Waals surface area contributed by atoms with Crippen molar-refractivity contribution < 1.29 is 14.3 Å². The summed E-state index contributed by atoms with van der Waals surface area (Å²) in [4.78, 5) is 21.2. The predicted molar refractivity (Wildman–Crippen MR) is 85.4 cm³/mol. The van der Waals surface area contributed by atoms with E-state index in [2.05, 4.69) is 15.3 Å². The zero-order valence-electron chi connectivity index (χ0n) is 11.9. The molecule has 6 nitrogen and oxygen atoms in total. The normalized spacial score (nSPS) is 11.0. The van der Waals surface area contributed by atoms with E-state index in [1.807, 2.05) is 24.3 Å². The summed E-state index contributed by atoms with van der Waals surface area (Å²) in [5, 5.41) is 12.4. The summed E-state index contributed by atoms with van der Waals surface area (Å²) in [5.41, 5.74) is 2.64. The highest BCUT2D eigenvalue weighted by molar-refractivity contribution is 6.11. The van der Waals surface area contributed by atoms with Gasteiger partial charge in [-0.25, -0.2) is 9.97 Å². The van der Waals surface area contributed by atoms with Gasteiger partial charge in [-0.3, -0.25) is 4.79 Å². The van der Waals surface area contributed by atoms with Gasteiger partial charge in [0.15, 0.2) is 0 Å². The van der Waals surface area contributed by atoms with Crippen LogP contribution in [-0.2, 0) is 0 Å². The fraction of sp³-hybridized carbons (Fsp3) is 0. The molecular weight excluding hydrogens is 294 g/mol. The van der Waals surface area contributed by atoms with E-state index >= 15 is 0 Å². The minimum Gasteiger partial charge on any atom is -0.506 e. The van der Waals surface area contributed by atoms with Crippen molar-refractivity contribution in [1.82, 2.24) is 9.97 Å². The van der Waals surface area contributed by atoms with E-state index in [0.717, 1.165) is 0 Å². The number of fused-ring (bicyclic) bond motifs is 2. The molecule has 112 valence electrons. The molecule has 0 radical (unpaired) electrons. The number of hydrogen-bond donors (Lipinski definition) is 2. The standard InChI is InChI=1S/C17H11N3O3/c21-14-8-4-3-7-13(14)19-16(22)10-9-23-17-15(10)18-11-5-1-2-6-12(11)20-17/h1-9,21H,(H,19,22). The number of para-hydroxylation sites is 4. The van der Waals surface area contributed by atoms with Gasteiger partial charge in [-0.05, 0) is 24.3 Å². The van der Waals surface area contributed by atoms with Crippen molar-refractivity contribution in [2.45, 2.75) is 0 Å². The van der Waals surface area contributed by atoms with E-state index < -0.39 is 5.91 Å². The Hall–Kier alpha value is -3.41. The highest BCUT2D eigenvalue weighted by Crippen LogP contribution is 2.25. The van der Waals surface area contributed by atoms with Crippen molar-refractivity contribution in [2.75, 3.05) is 5.32 Å². The molecule has 0 saturated heterocycles. The Bertz CT molecular complexity index is 1040. The lowest BCUT2D eigenvalue weighted by Gasteiger charge is -2.05. The maximum Gasteiger partial charge on any atom is 0.261 e. The molecule has 0 spiro atoms. The van der Waals surface area contributed by atoms with Crippen LogP contribution < -0.4 is 5.32 Å². The fourth-order valence-corrected chi connectivity index (χ4v) is 2.34. The van der Waals surface area contributed by atoms with Crippen molar-refractivity contribution in [1.29, 1.82) is 0 Å². The monoisotopic (exact) mass is 305 g/mol. The molecule has 0 unspecified atom stereocenters. The van der Waals surface area contributed by atoms with Gasteiger partial charge in [0.25, 0.3) is 5.91 Å². The first-order valence-electron chi connectivity index (χ1n) is 6.96. The van der Waals surface area contributed by atoms with E-state index in [9.17, 15) is 9.90 Å². The van der Waals surface area contributed by atoms with Crippen molar-refractivity contribution >= 4 is 33.9 Å². The Morgan fingerprint density at radius 2 is 1.70 bits per heavy atom. The van der Waals surface area contributed by atoms with E-state index in [4.69, 9.17) is 4.42 Å². The number of phenols is 1. The quantitative estimate of drug-likeness (QED) is 0.554. The molecule has 1 amide bonds. The first-order valence-corrected chi connectivity index (χ1v) is 6.96. The van der Waals surface area contributed by atoms with Gasteiger partial charge in [0.05, 0.1) is 16.7 Å². The third kappa shape index (κ3) is 2.26. The third-order valence-electron chi connectivity index (χ3n) is 3.48. The average Bonchev–Trinajstić information content (AvgIpc) is 2.97. The molecule has 2 N–H and O–H groups in total. The second-order valence-electron chi connectivity index (χ2n) is 4.99. The molecule has 4 rings (SSSR count). The molecular formula is C17H11N3O3. The van der Waals surface area contributed by atoms with E-state index in [0.29, 0.717) is 28.0 Å². The summed E-state index contributed by atoms with van der Waals surface area (Å²) in [6.07, 6.45) is 1.32. The van der Waals surface area contributed by atoms with E-state index in [1.54, 1.807) is 18.2 Å². The Balaban J connectivity index is 1.78. The summed E-state index contributed by atoms with van der Waals surface area (Å²) in [6.45, 7) is 0. The van der Waals surface area contributed by atoms with Crippen LogP contribution in [0, 0.1) is 0 Å². The lowest BCUT2D eigenvalue weighted by molar-refractivity contribution is 0.102. The van der Waals surface area contributed by atoms with Gasteiger partial charge in [-0.15, -0.1) is 0 Å². The minimum atomic E-state index is -0.421. The number of benzene rings is 2. The van der Waals surface area contributed by atoms with Crippen LogP contribution in [0.4, 0.5) is 5.69 Å². The molecule has 0 aliphatic carbocycles. The molecule has 2 heterocycles. The van der Waals surface area contributed by atoms with Crippen LogP contribution in [0.1, 0.15) is 10.4 Å². The number of rotatable bonds is 2. The Morgan fingerprint density at radius 1 is 1.00 bits per heavy atom. The Morgan fingerprint density at radius 3 is 2.48 bits per heavy atom. The van der Waals surface area contributed by atoms with Crippen LogP contribution in [0.3, 0.4) is 0 Å². The van der Waals surface area contributed by atoms with Gasteiger partial charge in [0.1, 0.15) is 23.1 Å². The smallest absolute Gasteiger partial charge is 0.261 e. The molecule has 0 fully saturated rings. The first-order chi connectivity index (χ1) is 11.2. The first kappa shape index (κ1) is 13.3. The molecule has 0 atom stereocenters. The molecule has 0 saturated carbocycles. The number of anilines is 1. The van der Waals surface area contributed by atoms with Crippen molar-refractivity contribution in [2.24, 2.45) is 0 Å². The minimum absolute atomic E-state index is 0.00909. The van der Waals surface area contributed by atoms with Crippen LogP contribution in [0.15, 0.2) is 59.2 Å². The number of carbonyl (C=O) groups is 1. The molecule has 0 aliphatic heterocycles. The topological polar surface area (TPSA) is 88.2 Å². The average molecular weight is 305 g/mol. The molecule has 0 aliphatic rings. The largest absolute Gasteiger partial charge is 0.506 e. The number of hydrogen-bond acceptors (Lipinski definition) is 5. The lowest BCUT2D eigenvalue weighted by atomic mass is 10.2. The number of amides is 1. The summed E-state index contributed by atoms with van der Waals surface area (Å²) in [7, 11) is 0. The van der Waals surface area contributed by atoms with Gasteiger partial charge in [0, 0.05) is 0 Å². The van der Waals surface area contributed by atoms with E-state index in [1.165, 1.54) is 12.3 Å². The van der Waals surface area contributed by atoms with Gasteiger partial charge in [0.2, 0.25) is 5.71 Å². The Kier molecular flexibility index (Phi) is 2.94. The number of nitrogens with one attached hydrogen (secondary N) is 1. The van der Waals surface area contributed by atoms with Crippen molar-refractivity contribution in [3.05, 3.63) is 60.4 Å². The lowest BCUT2D eigenvalue weighted by Crippen LogP contribution is -2.11. The van der Waals surface area contributed by atoms with Crippen molar-refractivity contribution in [3.8, 4) is 5.75 Å². The second-order valence-corrected chi connectivity index (χ2v) is 4.99. The van der Waals surface area contributed by atoms with Crippen molar-refractivity contribution in [3.63, 3.8) is 0 Å². The van der Waals surface area contributed by atoms with Crippen LogP contribution in [0.2, 0.25) is 0 Å². The van der Waals surface area contributed by atoms with Gasteiger partial charge in [-0.1, -0.05) is 24.3 Å². The van der Waals surface area contributed by atoms with Crippen LogP contribution in [-0.4, -0.2) is 21.0 Å². The SMILES string of the molecule is O=C(Nc1ccccc1O)c1coc2nc3ccccc3nc12. The van der Waals surface area contributed by atoms with Gasteiger partial charge < -0.3 is 14.8 Å². The number of phenolic OH excluding ortho intramolecular Hbond substituents is 1. The molecule has 23 heavy (non-hydrogen) atoms. The Labute approximate surface area is 130 Å². The molecule has 2 aromatic heterocycles. The molecule has 0 bridgehead atoms. The molecule has 6 heteroatoms. The number of nitrogens with zero attached hydrogens (tertiary/aromatic N) is 2. The zero-order valence-corrected chi connectivity index (χ0v) is 11.9. The molecule has 4 aromatic rings. The second kappa shape index (κ2) is 5.10. The number of aromatic hydroxyl groups is 1. The van der Waals surface area contributed by atoms with Crippen LogP contribution in [0.5, 0.6) is 5.75 Å². The summed E-state index contributed by atoms with van der Waals surface area (Å²) >= 11 is 0. The van der Waals surface area contributed by atoms with Crippen LogP contribution >= 0.6 is 0 Å². The maximum absolute atomic E-state index is 12.4. The van der Waals surface area contributed by atoms with Gasteiger partial charge in [-0.2, -0.15) is 0 Å². The van der Waals surface area contributed by atoms with Crippen LogP contribution in [0.25, 0.3) is 22.3 Å². The number of aromatic nitrogens is 2. The number of furan rings is 1. The zero-order chi connectivity index (χ0) is 15.8. The number of carbonyl (C=O) groups excluding carboxylic acids is 1. The van der Waals surface area contributed by atoms with E-state index in [-0.39, 0.29) is 11.3 Å². The summed E-state index contributed by atoms with van der Waals surface area (Å²) in [6, 6.07) is 13.9. The summed E-state index contributed by atoms with van der Waals surface area (Å²) in [5.74, 6) is -0.431. The summed E-state index contributed by atoms with van der Waals surface area (Å²) < 4.78 is 5.35. The highest BCUT2D eigenvalue weighted by Gasteiger charge is 2.18. The molecule has 2 aromatic carbocycles. The maximum atomic E-state index is 12.4. The predicted octanol–water partition coefficient (Wildman–Crippen LogP) is 3.33. The van der Waals surface area contributed by atoms with Gasteiger partial charge >= 0.3 is 0 Å². The third-order valence-corrected chi connectivity index (χ3v) is 3.48.